The minimum absolute atomic E-state index is 0.128. The Labute approximate surface area is 114 Å². The first-order valence-electron chi connectivity index (χ1n) is 6.43. The van der Waals surface area contributed by atoms with Crippen LogP contribution in [0.15, 0.2) is 24.3 Å². The number of nitrogens with zero attached hydrogens (tertiary/aromatic N) is 1. The number of aryl methyl sites for hydroxylation is 1. The van der Waals surface area contributed by atoms with Gasteiger partial charge in [-0.15, -0.1) is 0 Å². The van der Waals surface area contributed by atoms with E-state index in [4.69, 9.17) is 0 Å². The summed E-state index contributed by atoms with van der Waals surface area (Å²) in [5, 5.41) is 9.40. The second kappa shape index (κ2) is 6.48. The Morgan fingerprint density at radius 3 is 2.11 bits per heavy atom. The summed E-state index contributed by atoms with van der Waals surface area (Å²) in [7, 11) is 0. The van der Waals surface area contributed by atoms with Gasteiger partial charge in [-0.2, -0.15) is 0 Å². The van der Waals surface area contributed by atoms with Crippen LogP contribution in [-0.2, 0) is 4.79 Å². The lowest BCUT2D eigenvalue weighted by Gasteiger charge is -2.27. The molecule has 4 nitrogen and oxygen atoms in total. The van der Waals surface area contributed by atoms with E-state index in [0.717, 1.165) is 5.56 Å². The van der Waals surface area contributed by atoms with Crippen LogP contribution in [-0.4, -0.2) is 40.4 Å². The summed E-state index contributed by atoms with van der Waals surface area (Å²) < 4.78 is 0. The van der Waals surface area contributed by atoms with Crippen molar-refractivity contribution in [3.8, 4) is 0 Å². The van der Waals surface area contributed by atoms with Crippen LogP contribution >= 0.6 is 0 Å². The molecule has 19 heavy (non-hydrogen) atoms. The first kappa shape index (κ1) is 15.4. The topological polar surface area (TPSA) is 57.6 Å². The number of benzene rings is 1. The highest BCUT2D eigenvalue weighted by molar-refractivity contribution is 6.42. The molecule has 0 saturated heterocycles. The lowest BCUT2D eigenvalue weighted by atomic mass is 10.1. The van der Waals surface area contributed by atoms with E-state index >= 15 is 0 Å². The van der Waals surface area contributed by atoms with Gasteiger partial charge in [0, 0.05) is 18.2 Å². The molecular formula is C15H21NO3. The fourth-order valence-electron chi connectivity index (χ4n) is 1.77. The molecule has 0 aromatic heterocycles. The maximum Gasteiger partial charge on any atom is 0.295 e. The Balaban J connectivity index is 2.90. The van der Waals surface area contributed by atoms with E-state index < -0.39 is 17.8 Å². The molecule has 0 heterocycles. The number of hydrogen-bond donors (Lipinski definition) is 1. The van der Waals surface area contributed by atoms with Crippen molar-refractivity contribution in [3.05, 3.63) is 35.4 Å². The van der Waals surface area contributed by atoms with Crippen molar-refractivity contribution in [2.45, 2.75) is 39.8 Å². The monoisotopic (exact) mass is 263 g/mol. The Morgan fingerprint density at radius 2 is 1.68 bits per heavy atom. The van der Waals surface area contributed by atoms with Crippen LogP contribution in [0.25, 0.3) is 0 Å². The second-order valence-electron chi connectivity index (χ2n) is 5.10. The van der Waals surface area contributed by atoms with Gasteiger partial charge in [0.25, 0.3) is 5.91 Å². The van der Waals surface area contributed by atoms with Gasteiger partial charge in [0.05, 0.1) is 6.10 Å². The highest BCUT2D eigenvalue weighted by Crippen LogP contribution is 2.09. The normalized spacial score (nSPS) is 12.3. The minimum Gasteiger partial charge on any atom is -0.392 e. The van der Waals surface area contributed by atoms with Crippen LogP contribution in [0, 0.1) is 6.92 Å². The van der Waals surface area contributed by atoms with Crippen molar-refractivity contribution in [1.29, 1.82) is 0 Å². The third-order valence-electron chi connectivity index (χ3n) is 2.85. The molecule has 1 unspecified atom stereocenters. The van der Waals surface area contributed by atoms with Gasteiger partial charge < -0.3 is 10.0 Å². The van der Waals surface area contributed by atoms with Gasteiger partial charge in [-0.05, 0) is 27.7 Å². The average molecular weight is 263 g/mol. The zero-order valence-electron chi connectivity index (χ0n) is 11.9. The average Bonchev–Trinajstić information content (AvgIpc) is 2.34. The zero-order chi connectivity index (χ0) is 14.6. The smallest absolute Gasteiger partial charge is 0.295 e. The van der Waals surface area contributed by atoms with Gasteiger partial charge in [-0.25, -0.2) is 0 Å². The maximum absolute atomic E-state index is 12.2. The molecule has 4 heteroatoms. The number of carbonyl (C=O) groups excluding carboxylic acids is 2. The van der Waals surface area contributed by atoms with Crippen molar-refractivity contribution in [1.82, 2.24) is 4.90 Å². The molecule has 1 rings (SSSR count). The molecule has 0 aliphatic rings. The summed E-state index contributed by atoms with van der Waals surface area (Å²) in [6.07, 6.45) is -0.655. The Hall–Kier alpha value is -1.68. The van der Waals surface area contributed by atoms with Crippen LogP contribution < -0.4 is 0 Å². The molecule has 1 atom stereocenters. The molecule has 1 amide bonds. The molecule has 0 spiro atoms. The number of carbonyl (C=O) groups is 2. The van der Waals surface area contributed by atoms with Gasteiger partial charge in [0.2, 0.25) is 5.78 Å². The third kappa shape index (κ3) is 4.17. The van der Waals surface area contributed by atoms with Gasteiger partial charge in [-0.3, -0.25) is 9.59 Å². The molecule has 0 bridgehead atoms. The number of Topliss-reactive ketones (excluding diaryl/α,β-unsaturated/α-hetero) is 1. The molecule has 1 aromatic carbocycles. The van der Waals surface area contributed by atoms with E-state index in [2.05, 4.69) is 0 Å². The minimum atomic E-state index is -0.655. The summed E-state index contributed by atoms with van der Waals surface area (Å²) in [5.74, 6) is -1.10. The standard InChI is InChI=1S/C15H21NO3/c1-10(2)16(9-12(4)17)15(19)14(18)13-7-5-11(3)6-8-13/h5-8,10,12,17H,9H2,1-4H3. The number of hydrogen-bond acceptors (Lipinski definition) is 3. The predicted octanol–water partition coefficient (Wildman–Crippen LogP) is 1.80. The SMILES string of the molecule is Cc1ccc(C(=O)C(=O)N(CC(C)O)C(C)C)cc1. The number of amides is 1. The van der Waals surface area contributed by atoms with Gasteiger partial charge >= 0.3 is 0 Å². The quantitative estimate of drug-likeness (QED) is 0.651. The molecule has 1 N–H and O–H groups in total. The molecule has 0 aliphatic heterocycles. The molecule has 0 radical (unpaired) electrons. The van der Waals surface area contributed by atoms with Gasteiger partial charge in [0.1, 0.15) is 0 Å². The summed E-state index contributed by atoms with van der Waals surface area (Å²) >= 11 is 0. The van der Waals surface area contributed by atoms with Crippen molar-refractivity contribution < 1.29 is 14.7 Å². The van der Waals surface area contributed by atoms with Crippen molar-refractivity contribution >= 4 is 11.7 Å². The summed E-state index contributed by atoms with van der Waals surface area (Å²) in [6, 6.07) is 6.77. The Kier molecular flexibility index (Phi) is 5.24. The van der Waals surface area contributed by atoms with E-state index in [1.165, 1.54) is 4.90 Å². The van der Waals surface area contributed by atoms with E-state index in [1.54, 1.807) is 31.2 Å². The van der Waals surface area contributed by atoms with E-state index in [0.29, 0.717) is 5.56 Å². The fourth-order valence-corrected chi connectivity index (χ4v) is 1.77. The number of rotatable bonds is 5. The van der Waals surface area contributed by atoms with Crippen LogP contribution in [0.2, 0.25) is 0 Å². The maximum atomic E-state index is 12.2. The van der Waals surface area contributed by atoms with E-state index in [9.17, 15) is 14.7 Å². The van der Waals surface area contributed by atoms with Crippen LogP contribution in [0.5, 0.6) is 0 Å². The summed E-state index contributed by atoms with van der Waals surface area (Å²) in [5.41, 5.74) is 1.42. The molecular weight excluding hydrogens is 242 g/mol. The molecule has 0 fully saturated rings. The van der Waals surface area contributed by atoms with Crippen molar-refractivity contribution in [2.75, 3.05) is 6.54 Å². The summed E-state index contributed by atoms with van der Waals surface area (Å²) in [6.45, 7) is 7.32. The summed E-state index contributed by atoms with van der Waals surface area (Å²) in [4.78, 5) is 25.7. The lowest BCUT2D eigenvalue weighted by molar-refractivity contribution is -0.129. The van der Waals surface area contributed by atoms with Crippen LogP contribution in [0.1, 0.15) is 36.7 Å². The zero-order valence-corrected chi connectivity index (χ0v) is 11.9. The van der Waals surface area contributed by atoms with Crippen LogP contribution in [0.3, 0.4) is 0 Å². The third-order valence-corrected chi connectivity index (χ3v) is 2.85. The van der Waals surface area contributed by atoms with Gasteiger partial charge in [-0.1, -0.05) is 29.8 Å². The molecule has 0 saturated carbocycles. The van der Waals surface area contributed by atoms with Gasteiger partial charge in [0.15, 0.2) is 0 Å². The predicted molar refractivity (Wildman–Crippen MR) is 74.0 cm³/mol. The first-order valence-corrected chi connectivity index (χ1v) is 6.43. The fraction of sp³-hybridized carbons (Fsp3) is 0.467. The highest BCUT2D eigenvalue weighted by Gasteiger charge is 2.25. The number of ketones is 1. The van der Waals surface area contributed by atoms with E-state index in [-0.39, 0.29) is 12.6 Å². The molecule has 1 aromatic rings. The number of aliphatic hydroxyl groups is 1. The second-order valence-corrected chi connectivity index (χ2v) is 5.10. The molecule has 0 aliphatic carbocycles. The first-order chi connectivity index (χ1) is 8.82. The molecule has 104 valence electrons. The lowest BCUT2D eigenvalue weighted by Crippen LogP contribution is -2.44. The highest BCUT2D eigenvalue weighted by atomic mass is 16.3. The van der Waals surface area contributed by atoms with Crippen LogP contribution in [0.4, 0.5) is 0 Å². The van der Waals surface area contributed by atoms with Crippen molar-refractivity contribution in [2.24, 2.45) is 0 Å². The largest absolute Gasteiger partial charge is 0.392 e. The Morgan fingerprint density at radius 1 is 1.16 bits per heavy atom. The number of aliphatic hydroxyl groups excluding tert-OH is 1. The van der Waals surface area contributed by atoms with Crippen molar-refractivity contribution in [3.63, 3.8) is 0 Å². The Bertz CT molecular complexity index is 449. The van der Waals surface area contributed by atoms with E-state index in [1.807, 2.05) is 20.8 Å².